The molecule has 3 heterocycles. The lowest BCUT2D eigenvalue weighted by Gasteiger charge is -2.33. The Hall–Kier alpha value is -2.87. The van der Waals surface area contributed by atoms with Crippen molar-refractivity contribution in [3.05, 3.63) is 66.2 Å². The van der Waals surface area contributed by atoms with Crippen LogP contribution in [0.5, 0.6) is 0 Å². The minimum absolute atomic E-state index is 0.475. The number of aromatic nitrogens is 1. The van der Waals surface area contributed by atoms with Crippen LogP contribution in [0.3, 0.4) is 0 Å². The average molecular weight is 308 g/mol. The second-order valence-corrected chi connectivity index (χ2v) is 6.91. The van der Waals surface area contributed by atoms with Crippen molar-refractivity contribution in [1.82, 2.24) is 4.98 Å². The third-order valence-electron chi connectivity index (χ3n) is 5.53. The topological polar surface area (TPSA) is 16.1 Å². The zero-order chi connectivity index (χ0) is 15.8. The summed E-state index contributed by atoms with van der Waals surface area (Å²) in [4.78, 5) is 7.50. The molecule has 0 saturated heterocycles. The molecule has 0 N–H and O–H groups in total. The van der Waals surface area contributed by atoms with Crippen LogP contribution in [0.2, 0.25) is 0 Å². The summed E-state index contributed by atoms with van der Waals surface area (Å²) in [5.74, 6) is 0. The lowest BCUT2D eigenvalue weighted by Crippen LogP contribution is -2.26. The highest BCUT2D eigenvalue weighted by Crippen LogP contribution is 2.54. The summed E-state index contributed by atoms with van der Waals surface area (Å²) in [6.07, 6.45) is 1.11. The molecule has 3 aromatic carbocycles. The Bertz CT molecular complexity index is 1160. The van der Waals surface area contributed by atoms with Crippen LogP contribution in [-0.4, -0.2) is 11.0 Å². The molecule has 0 saturated carbocycles. The number of anilines is 2. The standard InChI is InChI=1S/C22H16N2/c1-13-12-14-6-4-9-16-15-8-5-11-19-20(15)22(24(13)21(14)16)17-7-2-3-10-18(17)23-19/h2-11,13H,12H2,1H3/t13-/m1/s1. The number of hydrogen-bond acceptors (Lipinski definition) is 2. The van der Waals surface area contributed by atoms with Gasteiger partial charge >= 0.3 is 0 Å². The van der Waals surface area contributed by atoms with Gasteiger partial charge in [0.05, 0.1) is 22.4 Å². The van der Waals surface area contributed by atoms with Crippen molar-refractivity contribution in [3.63, 3.8) is 0 Å². The molecule has 0 spiro atoms. The van der Waals surface area contributed by atoms with E-state index in [1.807, 2.05) is 0 Å². The van der Waals surface area contributed by atoms with Crippen LogP contribution in [0.4, 0.5) is 11.4 Å². The second kappa shape index (κ2) is 4.15. The van der Waals surface area contributed by atoms with E-state index in [9.17, 15) is 0 Å². The third-order valence-corrected chi connectivity index (χ3v) is 5.53. The van der Waals surface area contributed by atoms with Gasteiger partial charge in [-0.1, -0.05) is 48.5 Å². The fraction of sp³-hybridized carbons (Fsp3) is 0.136. The maximum Gasteiger partial charge on any atom is 0.0737 e. The Morgan fingerprint density at radius 1 is 0.833 bits per heavy atom. The van der Waals surface area contributed by atoms with Gasteiger partial charge in [-0.3, -0.25) is 0 Å². The van der Waals surface area contributed by atoms with Gasteiger partial charge < -0.3 is 4.90 Å². The molecule has 2 aliphatic rings. The highest BCUT2D eigenvalue weighted by Gasteiger charge is 2.36. The molecule has 0 aliphatic carbocycles. The molecule has 114 valence electrons. The van der Waals surface area contributed by atoms with Gasteiger partial charge in [0.15, 0.2) is 0 Å². The molecule has 6 rings (SSSR count). The van der Waals surface area contributed by atoms with Gasteiger partial charge in [-0.25, -0.2) is 4.98 Å². The molecule has 1 atom stereocenters. The van der Waals surface area contributed by atoms with E-state index in [4.69, 9.17) is 4.98 Å². The molecule has 2 nitrogen and oxygen atoms in total. The number of fused-ring (bicyclic) bond motifs is 4. The summed E-state index contributed by atoms with van der Waals surface area (Å²) >= 11 is 0. The summed E-state index contributed by atoms with van der Waals surface area (Å²) in [7, 11) is 0. The van der Waals surface area contributed by atoms with Crippen molar-refractivity contribution < 1.29 is 0 Å². The third kappa shape index (κ3) is 1.35. The lowest BCUT2D eigenvalue weighted by atomic mass is 9.91. The number of hydrogen-bond donors (Lipinski definition) is 0. The van der Waals surface area contributed by atoms with Gasteiger partial charge in [0.2, 0.25) is 0 Å². The molecule has 0 unspecified atom stereocenters. The van der Waals surface area contributed by atoms with Crippen molar-refractivity contribution in [2.24, 2.45) is 0 Å². The Morgan fingerprint density at radius 2 is 1.62 bits per heavy atom. The molecule has 0 bridgehead atoms. The van der Waals surface area contributed by atoms with Gasteiger partial charge in [-0.2, -0.15) is 0 Å². The number of rotatable bonds is 0. The monoisotopic (exact) mass is 308 g/mol. The van der Waals surface area contributed by atoms with E-state index < -0.39 is 0 Å². The van der Waals surface area contributed by atoms with E-state index in [1.165, 1.54) is 38.8 Å². The molecule has 2 heteroatoms. The minimum Gasteiger partial charge on any atom is -0.336 e. The number of benzene rings is 3. The molecule has 24 heavy (non-hydrogen) atoms. The molecular formula is C22H16N2. The van der Waals surface area contributed by atoms with Crippen molar-refractivity contribution in [3.8, 4) is 11.1 Å². The van der Waals surface area contributed by atoms with Gasteiger partial charge in [-0.05, 0) is 36.6 Å². The number of pyridine rings is 1. The quantitative estimate of drug-likeness (QED) is 0.401. The highest BCUT2D eigenvalue weighted by molar-refractivity contribution is 6.19. The Morgan fingerprint density at radius 3 is 2.58 bits per heavy atom. The summed E-state index contributed by atoms with van der Waals surface area (Å²) in [5.41, 5.74) is 9.06. The average Bonchev–Trinajstić information content (AvgIpc) is 2.95. The number of nitrogens with zero attached hydrogens (tertiary/aromatic N) is 2. The van der Waals surface area contributed by atoms with Gasteiger partial charge in [-0.15, -0.1) is 0 Å². The van der Waals surface area contributed by atoms with E-state index in [2.05, 4.69) is 72.5 Å². The summed E-state index contributed by atoms with van der Waals surface area (Å²) < 4.78 is 0. The first-order chi connectivity index (χ1) is 11.8. The van der Waals surface area contributed by atoms with Crippen LogP contribution in [0, 0.1) is 0 Å². The molecule has 0 fully saturated rings. The minimum atomic E-state index is 0.475. The van der Waals surface area contributed by atoms with E-state index in [0.717, 1.165) is 17.5 Å². The van der Waals surface area contributed by atoms with Gasteiger partial charge in [0, 0.05) is 22.4 Å². The molecule has 4 aromatic rings. The van der Waals surface area contributed by atoms with Crippen molar-refractivity contribution >= 4 is 33.2 Å². The van der Waals surface area contributed by atoms with Gasteiger partial charge in [0.25, 0.3) is 0 Å². The van der Waals surface area contributed by atoms with Crippen molar-refractivity contribution in [2.75, 3.05) is 4.90 Å². The molecule has 1 aromatic heterocycles. The fourth-order valence-electron chi connectivity index (χ4n) is 4.61. The van der Waals surface area contributed by atoms with Crippen LogP contribution in [-0.2, 0) is 6.42 Å². The Labute approximate surface area is 140 Å². The van der Waals surface area contributed by atoms with Crippen LogP contribution >= 0.6 is 0 Å². The summed E-state index contributed by atoms with van der Waals surface area (Å²) in [5, 5.41) is 2.56. The largest absolute Gasteiger partial charge is 0.336 e. The highest BCUT2D eigenvalue weighted by atomic mass is 15.2. The SMILES string of the molecule is C[C@@H]1Cc2cccc3c2N1c1c2ccccc2nc2cccc-3c12. The summed E-state index contributed by atoms with van der Waals surface area (Å²) in [6.45, 7) is 2.33. The van der Waals surface area contributed by atoms with E-state index in [0.29, 0.717) is 6.04 Å². The van der Waals surface area contributed by atoms with E-state index in [-0.39, 0.29) is 0 Å². The Kier molecular flexibility index (Phi) is 2.17. The smallest absolute Gasteiger partial charge is 0.0737 e. The lowest BCUT2D eigenvalue weighted by molar-refractivity contribution is 0.762. The number of para-hydroxylation sites is 2. The van der Waals surface area contributed by atoms with Crippen molar-refractivity contribution in [1.29, 1.82) is 0 Å². The summed E-state index contributed by atoms with van der Waals surface area (Å²) in [6, 6.07) is 22.3. The maximum atomic E-state index is 4.94. The molecule has 0 radical (unpaired) electrons. The zero-order valence-corrected chi connectivity index (χ0v) is 13.5. The first-order valence-electron chi connectivity index (χ1n) is 8.56. The molecule has 0 amide bonds. The van der Waals surface area contributed by atoms with Crippen LogP contribution in [0.15, 0.2) is 60.7 Å². The molecular weight excluding hydrogens is 292 g/mol. The first-order valence-corrected chi connectivity index (χ1v) is 8.56. The zero-order valence-electron chi connectivity index (χ0n) is 13.5. The second-order valence-electron chi connectivity index (χ2n) is 6.91. The predicted octanol–water partition coefficient (Wildman–Crippen LogP) is 5.45. The van der Waals surface area contributed by atoms with Crippen LogP contribution in [0.1, 0.15) is 12.5 Å². The molecule has 2 aliphatic heterocycles. The maximum absolute atomic E-state index is 4.94. The Balaban J connectivity index is 1.92. The van der Waals surface area contributed by atoms with Crippen LogP contribution in [0.25, 0.3) is 32.9 Å². The van der Waals surface area contributed by atoms with Crippen molar-refractivity contribution in [2.45, 2.75) is 19.4 Å². The van der Waals surface area contributed by atoms with Gasteiger partial charge in [0.1, 0.15) is 0 Å². The predicted molar refractivity (Wildman–Crippen MR) is 100.0 cm³/mol. The normalized spacial score (nSPS) is 17.5. The van der Waals surface area contributed by atoms with Crippen LogP contribution < -0.4 is 4.90 Å². The van der Waals surface area contributed by atoms with E-state index >= 15 is 0 Å². The van der Waals surface area contributed by atoms with E-state index in [1.54, 1.807) is 0 Å². The fourth-order valence-corrected chi connectivity index (χ4v) is 4.61. The first kappa shape index (κ1) is 12.5.